The van der Waals surface area contributed by atoms with E-state index in [1.807, 2.05) is 13.8 Å². The van der Waals surface area contributed by atoms with Crippen LogP contribution in [0.2, 0.25) is 0 Å². The van der Waals surface area contributed by atoms with Gasteiger partial charge in [-0.15, -0.1) is 24.8 Å². The van der Waals surface area contributed by atoms with Crippen molar-refractivity contribution in [3.8, 4) is 0 Å². The molecule has 0 unspecified atom stereocenters. The van der Waals surface area contributed by atoms with Crippen LogP contribution in [-0.2, 0) is 6.54 Å². The zero-order valence-corrected chi connectivity index (χ0v) is 12.2. The van der Waals surface area contributed by atoms with Gasteiger partial charge in [-0.3, -0.25) is 4.90 Å². The average Bonchev–Trinajstić information content (AvgIpc) is 2.50. The van der Waals surface area contributed by atoms with E-state index in [1.54, 1.807) is 0 Å². The zero-order valence-electron chi connectivity index (χ0n) is 10.5. The van der Waals surface area contributed by atoms with Gasteiger partial charge in [0.15, 0.2) is 0 Å². The van der Waals surface area contributed by atoms with Gasteiger partial charge in [0.25, 0.3) is 0 Å². The van der Waals surface area contributed by atoms with Gasteiger partial charge in [-0.1, -0.05) is 0 Å². The van der Waals surface area contributed by atoms with E-state index in [0.29, 0.717) is 6.04 Å². The summed E-state index contributed by atoms with van der Waals surface area (Å²) in [4.78, 5) is 6.81. The molecule has 2 rings (SSSR count). The number of nitrogens with zero attached hydrogens (tertiary/aromatic N) is 2. The summed E-state index contributed by atoms with van der Waals surface area (Å²) in [6.45, 7) is 10.2. The Morgan fingerprint density at radius 3 is 2.65 bits per heavy atom. The number of hydrogen-bond acceptors (Lipinski definition) is 4. The predicted octanol–water partition coefficient (Wildman–Crippen LogP) is 1.93. The molecule has 0 spiro atoms. The van der Waals surface area contributed by atoms with Crippen LogP contribution >= 0.6 is 24.8 Å². The number of piperazine rings is 1. The lowest BCUT2D eigenvalue weighted by molar-refractivity contribution is 0.150. The maximum absolute atomic E-state index is 5.59. The molecule has 1 aromatic rings. The molecule has 0 amide bonds. The van der Waals surface area contributed by atoms with Crippen LogP contribution in [0, 0.1) is 13.8 Å². The zero-order chi connectivity index (χ0) is 10.8. The molecule has 2 heterocycles. The van der Waals surface area contributed by atoms with Crippen LogP contribution in [-0.4, -0.2) is 35.6 Å². The Balaban J connectivity index is 0.00000128. The molecule has 100 valence electrons. The fourth-order valence-corrected chi connectivity index (χ4v) is 1.90. The smallest absolute Gasteiger partial charge is 0.208 e. The van der Waals surface area contributed by atoms with Crippen LogP contribution in [0.15, 0.2) is 4.42 Å². The number of aryl methyl sites for hydroxylation is 2. The third kappa shape index (κ3) is 4.14. The molecule has 4 nitrogen and oxygen atoms in total. The van der Waals surface area contributed by atoms with Gasteiger partial charge < -0.3 is 9.73 Å². The molecule has 1 aliphatic heterocycles. The van der Waals surface area contributed by atoms with Gasteiger partial charge in [0, 0.05) is 25.7 Å². The SMILES string of the molecule is Cc1nc(CN2CCNC[C@@H]2C)oc1C.Cl.Cl. The molecule has 1 atom stereocenters. The largest absolute Gasteiger partial charge is 0.444 e. The van der Waals surface area contributed by atoms with Gasteiger partial charge in [0.2, 0.25) is 5.89 Å². The minimum Gasteiger partial charge on any atom is -0.444 e. The molecule has 0 radical (unpaired) electrons. The van der Waals surface area contributed by atoms with Crippen molar-refractivity contribution < 1.29 is 4.42 Å². The summed E-state index contributed by atoms with van der Waals surface area (Å²) < 4.78 is 5.59. The lowest BCUT2D eigenvalue weighted by atomic mass is 10.2. The molecule has 0 aromatic carbocycles. The summed E-state index contributed by atoms with van der Waals surface area (Å²) in [6, 6.07) is 0.561. The van der Waals surface area contributed by atoms with Crippen LogP contribution in [0.3, 0.4) is 0 Å². The Morgan fingerprint density at radius 1 is 1.41 bits per heavy atom. The van der Waals surface area contributed by atoms with E-state index in [2.05, 4.69) is 22.1 Å². The van der Waals surface area contributed by atoms with E-state index in [-0.39, 0.29) is 24.8 Å². The van der Waals surface area contributed by atoms with Crippen LogP contribution in [0.5, 0.6) is 0 Å². The van der Waals surface area contributed by atoms with E-state index in [9.17, 15) is 0 Å². The topological polar surface area (TPSA) is 41.3 Å². The highest BCUT2D eigenvalue weighted by molar-refractivity contribution is 5.85. The van der Waals surface area contributed by atoms with Crippen LogP contribution in [0.1, 0.15) is 24.3 Å². The molecule has 6 heteroatoms. The highest BCUT2D eigenvalue weighted by Gasteiger charge is 2.19. The van der Waals surface area contributed by atoms with Crippen molar-refractivity contribution in [1.29, 1.82) is 0 Å². The lowest BCUT2D eigenvalue weighted by Crippen LogP contribution is -2.49. The first-order chi connectivity index (χ1) is 7.16. The highest BCUT2D eigenvalue weighted by atomic mass is 35.5. The molecule has 1 aliphatic rings. The molecule has 1 N–H and O–H groups in total. The third-order valence-electron chi connectivity index (χ3n) is 3.05. The normalized spacial score (nSPS) is 20.5. The monoisotopic (exact) mass is 281 g/mol. The molecule has 0 aliphatic carbocycles. The fraction of sp³-hybridized carbons (Fsp3) is 0.727. The maximum atomic E-state index is 5.59. The van der Waals surface area contributed by atoms with Crippen molar-refractivity contribution in [2.75, 3.05) is 19.6 Å². The highest BCUT2D eigenvalue weighted by Crippen LogP contribution is 2.13. The number of hydrogen-bond donors (Lipinski definition) is 1. The quantitative estimate of drug-likeness (QED) is 0.900. The Kier molecular flexibility index (Phi) is 7.09. The van der Waals surface area contributed by atoms with Gasteiger partial charge in [0.05, 0.1) is 12.2 Å². The second-order valence-electron chi connectivity index (χ2n) is 4.27. The molecule has 1 fully saturated rings. The molecular formula is C11H21Cl2N3O. The van der Waals surface area contributed by atoms with Gasteiger partial charge in [0.1, 0.15) is 5.76 Å². The minimum atomic E-state index is 0. The molecule has 0 saturated carbocycles. The Hall–Kier alpha value is -0.290. The van der Waals surface area contributed by atoms with E-state index in [0.717, 1.165) is 43.5 Å². The third-order valence-corrected chi connectivity index (χ3v) is 3.05. The first-order valence-electron chi connectivity index (χ1n) is 5.54. The summed E-state index contributed by atoms with van der Waals surface area (Å²) in [5.41, 5.74) is 1.01. The molecule has 1 aromatic heterocycles. The fourth-order valence-electron chi connectivity index (χ4n) is 1.90. The van der Waals surface area contributed by atoms with Crippen LogP contribution < -0.4 is 5.32 Å². The van der Waals surface area contributed by atoms with E-state index >= 15 is 0 Å². The molecule has 1 saturated heterocycles. The van der Waals surface area contributed by atoms with Crippen LogP contribution in [0.25, 0.3) is 0 Å². The van der Waals surface area contributed by atoms with E-state index in [1.165, 1.54) is 0 Å². The summed E-state index contributed by atoms with van der Waals surface area (Å²) in [6.07, 6.45) is 0. The number of halogens is 2. The summed E-state index contributed by atoms with van der Waals surface area (Å²) >= 11 is 0. The maximum Gasteiger partial charge on any atom is 0.208 e. The summed E-state index contributed by atoms with van der Waals surface area (Å²) in [7, 11) is 0. The summed E-state index contributed by atoms with van der Waals surface area (Å²) in [5, 5.41) is 3.37. The number of aromatic nitrogens is 1. The van der Waals surface area contributed by atoms with Gasteiger partial charge in [-0.25, -0.2) is 4.98 Å². The molecule has 0 bridgehead atoms. The van der Waals surface area contributed by atoms with Crippen molar-refractivity contribution in [2.24, 2.45) is 0 Å². The van der Waals surface area contributed by atoms with Gasteiger partial charge in [-0.2, -0.15) is 0 Å². The second kappa shape index (κ2) is 7.21. The number of oxazole rings is 1. The van der Waals surface area contributed by atoms with Crippen molar-refractivity contribution in [3.63, 3.8) is 0 Å². The van der Waals surface area contributed by atoms with Crippen LogP contribution in [0.4, 0.5) is 0 Å². The molecule has 17 heavy (non-hydrogen) atoms. The number of nitrogens with one attached hydrogen (secondary N) is 1. The van der Waals surface area contributed by atoms with Crippen molar-refractivity contribution >= 4 is 24.8 Å². The Morgan fingerprint density at radius 2 is 2.12 bits per heavy atom. The standard InChI is InChI=1S/C11H19N3O.2ClH/c1-8-6-12-4-5-14(8)7-11-13-9(2)10(3)15-11;;/h8,12H,4-7H2,1-3H3;2*1H/t8-;;/m0../s1. The van der Waals surface area contributed by atoms with Crippen molar-refractivity contribution in [1.82, 2.24) is 15.2 Å². The first-order valence-corrected chi connectivity index (χ1v) is 5.54. The predicted molar refractivity (Wildman–Crippen MR) is 73.2 cm³/mol. The number of rotatable bonds is 2. The Bertz CT molecular complexity index is 324. The summed E-state index contributed by atoms with van der Waals surface area (Å²) in [5.74, 6) is 1.78. The average molecular weight is 282 g/mol. The van der Waals surface area contributed by atoms with Crippen molar-refractivity contribution in [2.45, 2.75) is 33.4 Å². The van der Waals surface area contributed by atoms with E-state index < -0.39 is 0 Å². The Labute approximate surface area is 115 Å². The lowest BCUT2D eigenvalue weighted by Gasteiger charge is -2.32. The van der Waals surface area contributed by atoms with E-state index in [4.69, 9.17) is 4.42 Å². The van der Waals surface area contributed by atoms with Gasteiger partial charge >= 0.3 is 0 Å². The molecular weight excluding hydrogens is 261 g/mol. The first kappa shape index (κ1) is 16.7. The van der Waals surface area contributed by atoms with Crippen molar-refractivity contribution in [3.05, 3.63) is 17.3 Å². The second-order valence-corrected chi connectivity index (χ2v) is 4.27. The van der Waals surface area contributed by atoms with Gasteiger partial charge in [-0.05, 0) is 20.8 Å². The minimum absolute atomic E-state index is 0.